The lowest BCUT2D eigenvalue weighted by Gasteiger charge is -2.10. The monoisotopic (exact) mass is 333 g/mol. The highest BCUT2D eigenvalue weighted by atomic mass is 35.5. The minimum Gasteiger partial charge on any atom is -0.460 e. The average molecular weight is 334 g/mol. The van der Waals surface area contributed by atoms with Crippen molar-refractivity contribution in [1.82, 2.24) is 0 Å². The van der Waals surface area contributed by atoms with Gasteiger partial charge in [-0.3, -0.25) is 4.79 Å². The van der Waals surface area contributed by atoms with Gasteiger partial charge in [0.1, 0.15) is 0 Å². The van der Waals surface area contributed by atoms with Crippen LogP contribution >= 0.6 is 11.6 Å². The fraction of sp³-hybridized carbons (Fsp3) is 0.308. The van der Waals surface area contributed by atoms with Gasteiger partial charge in [0.25, 0.3) is 0 Å². The number of ether oxygens (including phenoxy) is 1. The van der Waals surface area contributed by atoms with Gasteiger partial charge in [0.2, 0.25) is 17.4 Å². The molecule has 0 saturated carbocycles. The Morgan fingerprint density at radius 2 is 2.00 bits per heavy atom. The molecule has 0 bridgehead atoms. The molecular weight excluding hydrogens is 318 g/mol. The first kappa shape index (κ1) is 13.0. The maximum atomic E-state index is 12.4. The molecule has 1 aromatic carbocycles. The van der Waals surface area contributed by atoms with Crippen molar-refractivity contribution < 1.29 is 24.9 Å². The Hall–Kier alpha value is -1.73. The molecule has 0 amide bonds. The minimum absolute atomic E-state index is 0.107. The van der Waals surface area contributed by atoms with Crippen LogP contribution in [0.1, 0.15) is 28.2 Å². The molecule has 2 rings (SSSR count). The van der Waals surface area contributed by atoms with Gasteiger partial charge >= 0.3 is 10.1 Å². The maximum Gasteiger partial charge on any atom is 0.311 e. The third kappa shape index (κ3) is 3.14. The number of carbonyl (C=O) groups excluding carboxylic acids is 1. The molecular formula is C13H14ClNO5S. The molecule has 0 fully saturated rings. The van der Waals surface area contributed by atoms with E-state index >= 15 is 0 Å². The van der Waals surface area contributed by atoms with Crippen LogP contribution in [0.3, 0.4) is 0 Å². The van der Waals surface area contributed by atoms with Gasteiger partial charge in [-0.15, -0.1) is 0 Å². The summed E-state index contributed by atoms with van der Waals surface area (Å²) in [4.78, 5) is 12.4. The molecule has 0 radical (unpaired) electrons. The number of Topliss-reactive ketones (excluding diaryl/α,β-unsaturated/α-hetero) is 1. The Kier molecular flexibility index (Phi) is 3.44. The van der Waals surface area contributed by atoms with E-state index in [1.165, 1.54) is 24.3 Å². The fourth-order valence-electron chi connectivity index (χ4n) is 1.48. The van der Waals surface area contributed by atoms with Gasteiger partial charge in [-0.05, 0) is 26.0 Å². The third-order valence-corrected chi connectivity index (χ3v) is 4.29. The molecule has 0 saturated heterocycles. The van der Waals surface area contributed by atoms with Crippen molar-refractivity contribution in [1.29, 1.82) is 0 Å². The van der Waals surface area contributed by atoms with Crippen LogP contribution in [-0.2, 0) is 23.8 Å². The number of halogens is 1. The lowest BCUT2D eigenvalue weighted by Crippen LogP contribution is -2.21. The Morgan fingerprint density at radius 1 is 1.43 bits per heavy atom. The highest BCUT2D eigenvalue weighted by molar-refractivity contribution is 7.87. The molecule has 6 nitrogen and oxygen atoms in total. The number of hydrogen-bond donors (Lipinski definition) is 1. The molecule has 1 unspecified atom stereocenters. The van der Waals surface area contributed by atoms with E-state index in [2.05, 4.69) is 4.18 Å². The van der Waals surface area contributed by atoms with Crippen LogP contribution in [0.2, 0.25) is 5.02 Å². The second kappa shape index (κ2) is 5.57. The predicted octanol–water partition coefficient (Wildman–Crippen LogP) is 1.86. The normalized spacial score (nSPS) is 24.4. The van der Waals surface area contributed by atoms with Gasteiger partial charge < -0.3 is 14.7 Å². The van der Waals surface area contributed by atoms with Gasteiger partial charge in [0.15, 0.2) is 6.08 Å². The van der Waals surface area contributed by atoms with Crippen LogP contribution in [0, 0.1) is 0 Å². The van der Waals surface area contributed by atoms with Crippen LogP contribution in [0.25, 0.3) is 0 Å². The summed E-state index contributed by atoms with van der Waals surface area (Å²) in [6.07, 6.45) is -2.27. The summed E-state index contributed by atoms with van der Waals surface area (Å²) >= 11 is 5.75. The van der Waals surface area contributed by atoms with Crippen molar-refractivity contribution in [2.24, 2.45) is 5.73 Å². The van der Waals surface area contributed by atoms with Crippen molar-refractivity contribution in [3.63, 3.8) is 0 Å². The van der Waals surface area contributed by atoms with Gasteiger partial charge in [-0.1, -0.05) is 23.7 Å². The van der Waals surface area contributed by atoms with E-state index in [1.54, 1.807) is 0 Å². The zero-order valence-corrected chi connectivity index (χ0v) is 12.8. The van der Waals surface area contributed by atoms with Gasteiger partial charge in [-0.25, -0.2) is 0 Å². The van der Waals surface area contributed by atoms with Crippen molar-refractivity contribution in [3.05, 3.63) is 46.5 Å². The van der Waals surface area contributed by atoms with Crippen molar-refractivity contribution >= 4 is 27.5 Å². The first-order valence-corrected chi connectivity index (χ1v) is 7.61. The maximum absolute atomic E-state index is 12.4. The summed E-state index contributed by atoms with van der Waals surface area (Å²) in [5, 5.41) is -1.63. The SMILES string of the molecule is [2H]C1(c2ccc(Cl)cc2)OC(N)=C(OS(=O)(=O)C([2H])(C)C)C1=O. The molecule has 1 heterocycles. The van der Waals surface area contributed by atoms with E-state index in [4.69, 9.17) is 24.8 Å². The van der Waals surface area contributed by atoms with Gasteiger partial charge in [0.05, 0.1) is 7.97 Å². The fourth-order valence-corrected chi connectivity index (χ4v) is 2.15. The highest BCUT2D eigenvalue weighted by Crippen LogP contribution is 2.33. The Bertz CT molecular complexity index is 786. The summed E-state index contributed by atoms with van der Waals surface area (Å²) in [7, 11) is -4.46. The number of rotatable bonds is 4. The summed E-state index contributed by atoms with van der Waals surface area (Å²) in [5.41, 5.74) is 5.61. The van der Waals surface area contributed by atoms with E-state index < -0.39 is 38.8 Å². The molecule has 1 aromatic rings. The summed E-state index contributed by atoms with van der Waals surface area (Å²) in [6, 6.07) is 5.66. The van der Waals surface area contributed by atoms with Gasteiger partial charge in [0, 0.05) is 10.6 Å². The summed E-state index contributed by atoms with van der Waals surface area (Å²) in [6.45, 7) is 2.15. The predicted molar refractivity (Wildman–Crippen MR) is 76.6 cm³/mol. The number of hydrogen-bond acceptors (Lipinski definition) is 6. The lowest BCUT2D eigenvalue weighted by atomic mass is 10.1. The number of nitrogens with two attached hydrogens (primary N) is 1. The zero-order chi connectivity index (χ0) is 17.6. The first-order chi connectivity index (χ1) is 10.4. The molecule has 114 valence electrons. The summed E-state index contributed by atoms with van der Waals surface area (Å²) in [5.74, 6) is -2.52. The molecule has 0 spiro atoms. The topological polar surface area (TPSA) is 95.7 Å². The average Bonchev–Trinajstić information content (AvgIpc) is 2.62. The Labute approximate surface area is 130 Å². The molecule has 1 atom stereocenters. The second-order valence-corrected chi connectivity index (χ2v) is 6.73. The highest BCUT2D eigenvalue weighted by Gasteiger charge is 2.39. The van der Waals surface area contributed by atoms with Gasteiger partial charge in [-0.2, -0.15) is 8.42 Å². The summed E-state index contributed by atoms with van der Waals surface area (Å²) < 4.78 is 49.2. The lowest BCUT2D eigenvalue weighted by molar-refractivity contribution is -0.123. The first-order valence-electron chi connectivity index (χ1n) is 6.82. The molecule has 1 aliphatic heterocycles. The minimum atomic E-state index is -4.46. The van der Waals surface area contributed by atoms with E-state index in [9.17, 15) is 13.2 Å². The largest absolute Gasteiger partial charge is 0.460 e. The van der Waals surface area contributed by atoms with Crippen molar-refractivity contribution in [3.8, 4) is 0 Å². The van der Waals surface area contributed by atoms with Crippen molar-refractivity contribution in [2.45, 2.75) is 25.2 Å². The second-order valence-electron chi connectivity index (χ2n) is 4.41. The molecule has 2 N–H and O–H groups in total. The standard InChI is InChI=1S/C13H14ClNO5S/c1-7(2)21(17,18)20-12-10(16)11(19-13(12)15)8-3-5-9(14)6-4-8/h3-7,11H,15H2,1-2H3/i7D,11D. The number of carbonyl (C=O) groups is 1. The van der Waals surface area contributed by atoms with Crippen LogP contribution in [0.5, 0.6) is 0 Å². The molecule has 0 aromatic heterocycles. The Balaban J connectivity index is 2.37. The smallest absolute Gasteiger partial charge is 0.311 e. The van der Waals surface area contributed by atoms with Crippen LogP contribution in [0.4, 0.5) is 0 Å². The van der Waals surface area contributed by atoms with Crippen molar-refractivity contribution in [2.75, 3.05) is 0 Å². The number of benzene rings is 1. The number of ketones is 1. The van der Waals surface area contributed by atoms with E-state index in [0.717, 1.165) is 13.8 Å². The zero-order valence-electron chi connectivity index (χ0n) is 13.2. The molecule has 21 heavy (non-hydrogen) atoms. The molecule has 1 aliphatic rings. The van der Waals surface area contributed by atoms with Crippen LogP contribution in [0.15, 0.2) is 35.9 Å². The quantitative estimate of drug-likeness (QED) is 0.845. The van der Waals surface area contributed by atoms with E-state index in [-0.39, 0.29) is 5.56 Å². The van der Waals surface area contributed by atoms with Crippen LogP contribution < -0.4 is 5.73 Å². The molecule has 8 heteroatoms. The van der Waals surface area contributed by atoms with E-state index in [0.29, 0.717) is 5.02 Å². The van der Waals surface area contributed by atoms with Crippen LogP contribution in [-0.4, -0.2) is 19.4 Å². The molecule has 0 aliphatic carbocycles. The van der Waals surface area contributed by atoms with E-state index in [1.807, 2.05) is 0 Å². The third-order valence-electron chi connectivity index (χ3n) is 2.65. The Morgan fingerprint density at radius 3 is 2.52 bits per heavy atom.